The van der Waals surface area contributed by atoms with Gasteiger partial charge in [0.15, 0.2) is 5.65 Å². The van der Waals surface area contributed by atoms with Crippen LogP contribution in [0, 0.1) is 0 Å². The molecule has 2 atom stereocenters. The third-order valence-corrected chi connectivity index (χ3v) is 5.35. The maximum absolute atomic E-state index is 13.3. The average molecular weight is 354 g/mol. The van der Waals surface area contributed by atoms with E-state index in [1.54, 1.807) is 24.3 Å². The van der Waals surface area contributed by atoms with Crippen molar-refractivity contribution in [1.82, 2.24) is 19.6 Å². The van der Waals surface area contributed by atoms with Gasteiger partial charge >= 0.3 is 6.18 Å². The number of aliphatic hydroxyl groups is 1. The van der Waals surface area contributed by atoms with Crippen LogP contribution < -0.4 is 0 Å². The molecular formula is C15H13F3N4OS. The van der Waals surface area contributed by atoms with Gasteiger partial charge in [-0.2, -0.15) is 13.2 Å². The Bertz CT molecular complexity index is 911. The summed E-state index contributed by atoms with van der Waals surface area (Å²) in [5.41, 5.74) is 0.879. The fourth-order valence-corrected chi connectivity index (χ4v) is 4.28. The zero-order valence-corrected chi connectivity index (χ0v) is 13.2. The van der Waals surface area contributed by atoms with E-state index in [0.29, 0.717) is 28.9 Å². The molecule has 24 heavy (non-hydrogen) atoms. The van der Waals surface area contributed by atoms with Crippen LogP contribution in [0.5, 0.6) is 0 Å². The summed E-state index contributed by atoms with van der Waals surface area (Å²) in [5.74, 6) is -1.05. The predicted molar refractivity (Wildman–Crippen MR) is 82.8 cm³/mol. The highest BCUT2D eigenvalue weighted by Crippen LogP contribution is 2.38. The molecule has 5 nitrogen and oxygen atoms in total. The molecule has 1 aliphatic carbocycles. The lowest BCUT2D eigenvalue weighted by Gasteiger charge is -2.12. The first-order chi connectivity index (χ1) is 11.4. The summed E-state index contributed by atoms with van der Waals surface area (Å²) in [7, 11) is 0. The molecule has 4 rings (SSSR count). The van der Waals surface area contributed by atoms with Crippen LogP contribution in [0.4, 0.5) is 13.2 Å². The second-order valence-electron chi connectivity index (χ2n) is 5.79. The molecule has 1 aromatic carbocycles. The number of benzene rings is 1. The maximum Gasteiger partial charge on any atom is 0.452 e. The average Bonchev–Trinajstić information content (AvgIpc) is 3.13. The number of hydrogen-bond donors (Lipinski definition) is 1. The molecule has 0 saturated heterocycles. The second kappa shape index (κ2) is 5.59. The van der Waals surface area contributed by atoms with Crippen LogP contribution in [0.25, 0.3) is 16.7 Å². The van der Waals surface area contributed by atoms with E-state index in [4.69, 9.17) is 0 Å². The predicted octanol–water partition coefficient (Wildman–Crippen LogP) is 3.30. The van der Waals surface area contributed by atoms with Gasteiger partial charge in [-0.25, -0.2) is 4.98 Å². The molecule has 0 bridgehead atoms. The Morgan fingerprint density at radius 3 is 2.67 bits per heavy atom. The van der Waals surface area contributed by atoms with Crippen molar-refractivity contribution in [1.29, 1.82) is 0 Å². The summed E-state index contributed by atoms with van der Waals surface area (Å²) in [5, 5.41) is 17.3. The van der Waals surface area contributed by atoms with Gasteiger partial charge in [0, 0.05) is 5.25 Å². The first-order valence-electron chi connectivity index (χ1n) is 7.49. The fraction of sp³-hybridized carbons (Fsp3) is 0.400. The molecule has 0 radical (unpaired) electrons. The summed E-state index contributed by atoms with van der Waals surface area (Å²) >= 11 is 1.36. The third-order valence-electron chi connectivity index (χ3n) is 4.09. The molecule has 1 N–H and O–H groups in total. The minimum atomic E-state index is -4.60. The van der Waals surface area contributed by atoms with E-state index in [-0.39, 0.29) is 17.0 Å². The van der Waals surface area contributed by atoms with Crippen LogP contribution in [0.15, 0.2) is 29.3 Å². The molecule has 2 aromatic heterocycles. The molecule has 0 amide bonds. The zero-order chi connectivity index (χ0) is 16.9. The van der Waals surface area contributed by atoms with Gasteiger partial charge in [-0.05, 0) is 31.4 Å². The highest BCUT2D eigenvalue weighted by Gasteiger charge is 2.38. The Hall–Kier alpha value is -1.87. The summed E-state index contributed by atoms with van der Waals surface area (Å²) in [6.45, 7) is 0. The minimum absolute atomic E-state index is 0.104. The van der Waals surface area contributed by atoms with Crippen molar-refractivity contribution < 1.29 is 18.3 Å². The van der Waals surface area contributed by atoms with Crippen molar-refractivity contribution >= 4 is 28.4 Å². The van der Waals surface area contributed by atoms with Gasteiger partial charge in [0.25, 0.3) is 0 Å². The molecule has 0 aliphatic heterocycles. The molecule has 3 aromatic rings. The number of fused-ring (bicyclic) bond motifs is 3. The van der Waals surface area contributed by atoms with Gasteiger partial charge in [-0.1, -0.05) is 23.9 Å². The van der Waals surface area contributed by atoms with E-state index in [1.807, 2.05) is 0 Å². The number of alkyl halides is 3. The van der Waals surface area contributed by atoms with Crippen LogP contribution in [-0.4, -0.2) is 36.0 Å². The number of thioether (sulfide) groups is 1. The summed E-state index contributed by atoms with van der Waals surface area (Å²) in [4.78, 5) is 4.48. The van der Waals surface area contributed by atoms with Gasteiger partial charge in [-0.3, -0.25) is 4.40 Å². The van der Waals surface area contributed by atoms with Crippen LogP contribution in [0.3, 0.4) is 0 Å². The zero-order valence-electron chi connectivity index (χ0n) is 12.4. The summed E-state index contributed by atoms with van der Waals surface area (Å²) < 4.78 is 40.9. The molecular weight excluding hydrogens is 341 g/mol. The van der Waals surface area contributed by atoms with Crippen LogP contribution in [0.2, 0.25) is 0 Å². The summed E-state index contributed by atoms with van der Waals surface area (Å²) in [6, 6.07) is 6.63. The van der Waals surface area contributed by atoms with E-state index in [1.165, 1.54) is 11.8 Å². The number of para-hydroxylation sites is 2. The topological polar surface area (TPSA) is 63.3 Å². The molecule has 1 aliphatic rings. The molecule has 2 unspecified atom stereocenters. The Kier molecular flexibility index (Phi) is 3.65. The van der Waals surface area contributed by atoms with Crippen molar-refractivity contribution in [3.63, 3.8) is 0 Å². The maximum atomic E-state index is 13.3. The monoisotopic (exact) mass is 354 g/mol. The number of halogens is 3. The molecule has 2 heterocycles. The first kappa shape index (κ1) is 15.6. The van der Waals surface area contributed by atoms with E-state index < -0.39 is 12.0 Å². The quantitative estimate of drug-likeness (QED) is 0.765. The standard InChI is InChI=1S/C15H13F3N4OS/c16-15(17,18)14-21-20-12-13(24-9-6-5-8(23)7-9)19-10-3-1-2-4-11(10)22(12)14/h1-4,8-9,23H,5-7H2. The Morgan fingerprint density at radius 1 is 1.17 bits per heavy atom. The Morgan fingerprint density at radius 2 is 1.96 bits per heavy atom. The van der Waals surface area contributed by atoms with Crippen molar-refractivity contribution in [2.24, 2.45) is 0 Å². The van der Waals surface area contributed by atoms with Crippen LogP contribution >= 0.6 is 11.8 Å². The van der Waals surface area contributed by atoms with Gasteiger partial charge in [-0.15, -0.1) is 10.2 Å². The molecule has 0 spiro atoms. The minimum Gasteiger partial charge on any atom is -0.393 e. The van der Waals surface area contributed by atoms with Crippen molar-refractivity contribution in [3.05, 3.63) is 30.1 Å². The van der Waals surface area contributed by atoms with E-state index >= 15 is 0 Å². The highest BCUT2D eigenvalue weighted by atomic mass is 32.2. The number of aromatic nitrogens is 4. The lowest BCUT2D eigenvalue weighted by atomic mass is 10.3. The SMILES string of the molecule is OC1CCC(Sc2nc3ccccc3n3c(C(F)(F)F)nnc23)C1. The molecule has 126 valence electrons. The smallest absolute Gasteiger partial charge is 0.393 e. The normalized spacial score (nSPS) is 21.8. The summed E-state index contributed by atoms with van der Waals surface area (Å²) in [6.07, 6.45) is -2.86. The van der Waals surface area contributed by atoms with Gasteiger partial charge in [0.1, 0.15) is 5.03 Å². The molecule has 1 fully saturated rings. The number of rotatable bonds is 2. The van der Waals surface area contributed by atoms with Gasteiger partial charge in [0.05, 0.1) is 17.1 Å². The van der Waals surface area contributed by atoms with Gasteiger partial charge in [0.2, 0.25) is 5.82 Å². The van der Waals surface area contributed by atoms with E-state index in [2.05, 4.69) is 15.2 Å². The number of hydrogen-bond acceptors (Lipinski definition) is 5. The molecule has 1 saturated carbocycles. The first-order valence-corrected chi connectivity index (χ1v) is 8.37. The van der Waals surface area contributed by atoms with E-state index in [9.17, 15) is 18.3 Å². The highest BCUT2D eigenvalue weighted by molar-refractivity contribution is 8.00. The Labute approximate surface area is 138 Å². The van der Waals surface area contributed by atoms with Crippen molar-refractivity contribution in [2.75, 3.05) is 0 Å². The lowest BCUT2D eigenvalue weighted by molar-refractivity contribution is -0.145. The number of aliphatic hydroxyl groups excluding tert-OH is 1. The largest absolute Gasteiger partial charge is 0.452 e. The van der Waals surface area contributed by atoms with Crippen LogP contribution in [0.1, 0.15) is 25.1 Å². The Balaban J connectivity index is 1.91. The van der Waals surface area contributed by atoms with Crippen molar-refractivity contribution in [3.8, 4) is 0 Å². The molecule has 9 heteroatoms. The van der Waals surface area contributed by atoms with E-state index in [0.717, 1.165) is 10.8 Å². The fourth-order valence-electron chi connectivity index (χ4n) is 3.00. The second-order valence-corrected chi connectivity index (χ2v) is 7.08. The third kappa shape index (κ3) is 2.61. The van der Waals surface area contributed by atoms with Crippen molar-refractivity contribution in [2.45, 2.75) is 41.8 Å². The lowest BCUT2D eigenvalue weighted by Crippen LogP contribution is -2.12. The van der Waals surface area contributed by atoms with Crippen LogP contribution in [-0.2, 0) is 6.18 Å². The van der Waals surface area contributed by atoms with Gasteiger partial charge < -0.3 is 5.11 Å². The number of nitrogens with zero attached hydrogens (tertiary/aromatic N) is 4.